The van der Waals surface area contributed by atoms with Crippen molar-refractivity contribution in [1.82, 2.24) is 0 Å². The number of unbranched alkanes of at least 4 members (excludes halogenated alkanes) is 1. The van der Waals surface area contributed by atoms with E-state index < -0.39 is 0 Å². The Morgan fingerprint density at radius 2 is 1.58 bits per heavy atom. The Balaban J connectivity index is 1.47. The van der Waals surface area contributed by atoms with Crippen molar-refractivity contribution < 1.29 is 13.9 Å². The second-order valence-electron chi connectivity index (χ2n) is 7.31. The lowest BCUT2D eigenvalue weighted by molar-refractivity contribution is 0.263. The Kier molecular flexibility index (Phi) is 6.58. The molecule has 5 heteroatoms. The van der Waals surface area contributed by atoms with E-state index in [0.29, 0.717) is 35.0 Å². The van der Waals surface area contributed by atoms with Crippen molar-refractivity contribution in [3.63, 3.8) is 0 Å². The van der Waals surface area contributed by atoms with Gasteiger partial charge in [0.05, 0.1) is 18.6 Å². The molecule has 0 N–H and O–H groups in total. The van der Waals surface area contributed by atoms with E-state index in [1.807, 2.05) is 61.5 Å². The van der Waals surface area contributed by atoms with Crippen LogP contribution < -0.4 is 14.9 Å². The summed E-state index contributed by atoms with van der Waals surface area (Å²) in [5.41, 5.74) is 2.24. The highest BCUT2D eigenvalue weighted by Gasteiger charge is 2.17. The van der Waals surface area contributed by atoms with E-state index in [1.165, 1.54) is 5.56 Å². The Bertz CT molecular complexity index is 1210. The van der Waals surface area contributed by atoms with Gasteiger partial charge < -0.3 is 13.9 Å². The van der Waals surface area contributed by atoms with Crippen molar-refractivity contribution in [1.29, 1.82) is 0 Å². The van der Waals surface area contributed by atoms with Crippen LogP contribution in [0, 0.1) is 6.92 Å². The summed E-state index contributed by atoms with van der Waals surface area (Å²) in [5, 5.41) is 0.886. The summed E-state index contributed by atoms with van der Waals surface area (Å²) in [7, 11) is 0. The van der Waals surface area contributed by atoms with E-state index in [9.17, 15) is 4.79 Å². The molecule has 3 aromatic carbocycles. The van der Waals surface area contributed by atoms with Gasteiger partial charge in [-0.1, -0.05) is 59.6 Å². The van der Waals surface area contributed by atoms with E-state index >= 15 is 0 Å². The molecule has 0 aliphatic rings. The molecule has 1 aromatic heterocycles. The third-order valence-corrected chi connectivity index (χ3v) is 5.16. The smallest absolute Gasteiger partial charge is 0.235 e. The van der Waals surface area contributed by atoms with Gasteiger partial charge in [-0.3, -0.25) is 4.79 Å². The molecular formula is C26H23ClO4. The number of halogens is 1. The largest absolute Gasteiger partial charge is 0.494 e. The minimum absolute atomic E-state index is 0.209. The van der Waals surface area contributed by atoms with Crippen molar-refractivity contribution in [3.05, 3.63) is 93.6 Å². The molecule has 0 saturated heterocycles. The van der Waals surface area contributed by atoms with Crippen molar-refractivity contribution in [2.45, 2.75) is 19.8 Å². The normalized spacial score (nSPS) is 10.9. The first-order valence-corrected chi connectivity index (χ1v) is 10.6. The van der Waals surface area contributed by atoms with Gasteiger partial charge in [0.2, 0.25) is 11.2 Å². The minimum atomic E-state index is -0.224. The van der Waals surface area contributed by atoms with Gasteiger partial charge in [0, 0.05) is 10.6 Å². The Hall–Kier alpha value is -3.24. The fraction of sp³-hybridized carbons (Fsp3) is 0.192. The lowest BCUT2D eigenvalue weighted by Crippen LogP contribution is -2.12. The summed E-state index contributed by atoms with van der Waals surface area (Å²) in [6.45, 7) is 3.01. The quantitative estimate of drug-likeness (QED) is 0.291. The number of benzene rings is 3. The van der Waals surface area contributed by atoms with Crippen LogP contribution in [0.2, 0.25) is 5.02 Å². The highest BCUT2D eigenvalue weighted by atomic mass is 35.5. The SMILES string of the molecule is Cc1ccc(OCCCCOc2c(-c3ccccc3)oc3ccc(Cl)cc3c2=O)cc1. The first kappa shape index (κ1) is 21.0. The molecule has 0 radical (unpaired) electrons. The molecule has 4 aromatic rings. The molecule has 31 heavy (non-hydrogen) atoms. The van der Waals surface area contributed by atoms with E-state index in [-0.39, 0.29) is 11.2 Å². The van der Waals surface area contributed by atoms with Crippen molar-refractivity contribution >= 4 is 22.6 Å². The van der Waals surface area contributed by atoms with Crippen LogP contribution in [-0.2, 0) is 0 Å². The number of aryl methyl sites for hydroxylation is 1. The standard InChI is InChI=1S/C26H23ClO4/c1-18-9-12-21(13-10-18)29-15-5-6-16-30-26-24(28)22-17-20(27)11-14-23(22)31-25(26)19-7-3-2-4-8-19/h2-4,7-14,17H,5-6,15-16H2,1H3. The molecule has 4 nitrogen and oxygen atoms in total. The van der Waals surface area contributed by atoms with Crippen LogP contribution in [0.3, 0.4) is 0 Å². The fourth-order valence-corrected chi connectivity index (χ4v) is 3.44. The average Bonchev–Trinajstić information content (AvgIpc) is 2.79. The molecule has 0 aliphatic heterocycles. The molecule has 0 amide bonds. The fourth-order valence-electron chi connectivity index (χ4n) is 3.26. The first-order chi connectivity index (χ1) is 15.1. The van der Waals surface area contributed by atoms with Crippen LogP contribution in [0.5, 0.6) is 11.5 Å². The molecule has 0 saturated carbocycles. The molecule has 0 aliphatic carbocycles. The van der Waals surface area contributed by atoms with Gasteiger partial charge in [-0.2, -0.15) is 0 Å². The molecular weight excluding hydrogens is 412 g/mol. The Labute approximate surface area is 186 Å². The van der Waals surface area contributed by atoms with E-state index in [0.717, 1.165) is 24.2 Å². The Morgan fingerprint density at radius 1 is 0.871 bits per heavy atom. The van der Waals surface area contributed by atoms with Crippen LogP contribution >= 0.6 is 11.6 Å². The van der Waals surface area contributed by atoms with Crippen LogP contribution in [-0.4, -0.2) is 13.2 Å². The summed E-state index contributed by atoms with van der Waals surface area (Å²) in [6, 6.07) is 22.5. The summed E-state index contributed by atoms with van der Waals surface area (Å²) in [5.74, 6) is 1.49. The average molecular weight is 435 g/mol. The predicted octanol–water partition coefficient (Wildman–Crippen LogP) is 6.66. The van der Waals surface area contributed by atoms with Gasteiger partial charge in [-0.25, -0.2) is 0 Å². The highest BCUT2D eigenvalue weighted by molar-refractivity contribution is 6.31. The van der Waals surface area contributed by atoms with Gasteiger partial charge in [0.15, 0.2) is 5.76 Å². The maximum absolute atomic E-state index is 13.1. The van der Waals surface area contributed by atoms with Crippen molar-refractivity contribution in [2.75, 3.05) is 13.2 Å². The van der Waals surface area contributed by atoms with E-state index in [2.05, 4.69) is 0 Å². The summed E-state index contributed by atoms with van der Waals surface area (Å²) in [6.07, 6.45) is 1.55. The highest BCUT2D eigenvalue weighted by Crippen LogP contribution is 2.31. The Morgan fingerprint density at radius 3 is 2.32 bits per heavy atom. The van der Waals surface area contributed by atoms with Gasteiger partial charge >= 0.3 is 0 Å². The monoisotopic (exact) mass is 434 g/mol. The molecule has 0 fully saturated rings. The molecule has 0 atom stereocenters. The number of hydrogen-bond donors (Lipinski definition) is 0. The third-order valence-electron chi connectivity index (χ3n) is 4.92. The van der Waals surface area contributed by atoms with Gasteiger partial charge in [0.25, 0.3) is 0 Å². The van der Waals surface area contributed by atoms with E-state index in [1.54, 1.807) is 18.2 Å². The summed E-state index contributed by atoms with van der Waals surface area (Å²) < 4.78 is 17.7. The number of hydrogen-bond acceptors (Lipinski definition) is 4. The van der Waals surface area contributed by atoms with Crippen LogP contribution in [0.4, 0.5) is 0 Å². The van der Waals surface area contributed by atoms with Crippen LogP contribution in [0.1, 0.15) is 18.4 Å². The van der Waals surface area contributed by atoms with Gasteiger partial charge in [-0.15, -0.1) is 0 Å². The zero-order chi connectivity index (χ0) is 21.6. The molecule has 0 unspecified atom stereocenters. The molecule has 4 rings (SSSR count). The topological polar surface area (TPSA) is 48.7 Å². The van der Waals surface area contributed by atoms with Crippen molar-refractivity contribution in [2.24, 2.45) is 0 Å². The molecule has 158 valence electrons. The lowest BCUT2D eigenvalue weighted by Gasteiger charge is -2.12. The predicted molar refractivity (Wildman–Crippen MR) is 124 cm³/mol. The summed E-state index contributed by atoms with van der Waals surface area (Å²) >= 11 is 6.09. The zero-order valence-electron chi connectivity index (χ0n) is 17.3. The first-order valence-electron chi connectivity index (χ1n) is 10.3. The van der Waals surface area contributed by atoms with E-state index in [4.69, 9.17) is 25.5 Å². The van der Waals surface area contributed by atoms with Gasteiger partial charge in [0.1, 0.15) is 11.3 Å². The number of ether oxygens (including phenoxy) is 2. The lowest BCUT2D eigenvalue weighted by atomic mass is 10.1. The van der Waals surface area contributed by atoms with Crippen LogP contribution in [0.15, 0.2) is 82.0 Å². The van der Waals surface area contributed by atoms with Crippen molar-refractivity contribution in [3.8, 4) is 22.8 Å². The molecule has 0 spiro atoms. The number of rotatable bonds is 8. The zero-order valence-corrected chi connectivity index (χ0v) is 18.0. The minimum Gasteiger partial charge on any atom is -0.494 e. The maximum atomic E-state index is 13.1. The second-order valence-corrected chi connectivity index (χ2v) is 7.75. The molecule has 0 bridgehead atoms. The van der Waals surface area contributed by atoms with Crippen LogP contribution in [0.25, 0.3) is 22.3 Å². The number of fused-ring (bicyclic) bond motifs is 1. The van der Waals surface area contributed by atoms with Gasteiger partial charge in [-0.05, 0) is 50.1 Å². The maximum Gasteiger partial charge on any atom is 0.235 e. The summed E-state index contributed by atoms with van der Waals surface area (Å²) in [4.78, 5) is 13.1. The third kappa shape index (κ3) is 5.09. The molecule has 1 heterocycles. The second kappa shape index (κ2) is 9.71.